The molecule has 2 aromatic carbocycles. The first-order valence-electron chi connectivity index (χ1n) is 10.6. The zero-order chi connectivity index (χ0) is 20.7. The van der Waals surface area contributed by atoms with E-state index in [1.54, 1.807) is 6.33 Å². The summed E-state index contributed by atoms with van der Waals surface area (Å²) in [6.45, 7) is 4.21. The van der Waals surface area contributed by atoms with Gasteiger partial charge in [0.05, 0.1) is 11.8 Å². The van der Waals surface area contributed by atoms with Crippen LogP contribution in [0.25, 0.3) is 5.69 Å². The Morgan fingerprint density at radius 2 is 1.97 bits per heavy atom. The number of benzene rings is 2. The van der Waals surface area contributed by atoms with E-state index in [0.29, 0.717) is 11.8 Å². The highest BCUT2D eigenvalue weighted by Crippen LogP contribution is 2.42. The maximum absolute atomic E-state index is 13.3. The number of nitrogens with zero attached hydrogens (tertiary/aromatic N) is 4. The molecule has 6 heteroatoms. The van der Waals surface area contributed by atoms with E-state index in [4.69, 9.17) is 0 Å². The summed E-state index contributed by atoms with van der Waals surface area (Å²) in [5.41, 5.74) is 6.24. The standard InChI is InChI=1S/C24H26N4OS/c1-16-7-9-20(13-17(16)2)27-15-25-26-24(27)30-14-23(29)28(19-10-11-19)22-12-8-18-5-3-4-6-21(18)22/h3-7,9,13,15,19,22H,8,10-12,14H2,1-2H3. The number of hydrogen-bond donors (Lipinski definition) is 0. The summed E-state index contributed by atoms with van der Waals surface area (Å²) in [4.78, 5) is 15.5. The molecule has 5 nitrogen and oxygen atoms in total. The molecule has 1 saturated carbocycles. The summed E-state index contributed by atoms with van der Waals surface area (Å²) in [6, 6.07) is 15.5. The second-order valence-electron chi connectivity index (χ2n) is 8.33. The first-order chi connectivity index (χ1) is 14.6. The number of amides is 1. The average Bonchev–Trinajstić information content (AvgIpc) is 3.31. The predicted octanol–water partition coefficient (Wildman–Crippen LogP) is 4.65. The number of rotatable bonds is 6. The van der Waals surface area contributed by atoms with Crippen molar-refractivity contribution in [3.63, 3.8) is 0 Å². The lowest BCUT2D eigenvalue weighted by Crippen LogP contribution is -2.37. The molecule has 0 bridgehead atoms. The maximum atomic E-state index is 13.3. The minimum absolute atomic E-state index is 0.207. The molecule has 1 amide bonds. The van der Waals surface area contributed by atoms with E-state index in [1.165, 1.54) is 34.0 Å². The van der Waals surface area contributed by atoms with Crippen LogP contribution in [0.5, 0.6) is 0 Å². The number of thioether (sulfide) groups is 1. The van der Waals surface area contributed by atoms with Gasteiger partial charge < -0.3 is 4.90 Å². The summed E-state index contributed by atoms with van der Waals surface area (Å²) < 4.78 is 1.97. The van der Waals surface area contributed by atoms with Crippen molar-refractivity contribution in [3.8, 4) is 5.69 Å². The second kappa shape index (κ2) is 7.91. The number of carbonyl (C=O) groups excluding carboxylic acids is 1. The minimum Gasteiger partial charge on any atom is -0.332 e. The van der Waals surface area contributed by atoms with Crippen molar-refractivity contribution in [2.45, 2.75) is 56.8 Å². The summed E-state index contributed by atoms with van der Waals surface area (Å²) in [7, 11) is 0. The summed E-state index contributed by atoms with van der Waals surface area (Å²) in [6.07, 6.45) is 6.06. The summed E-state index contributed by atoms with van der Waals surface area (Å²) in [5, 5.41) is 9.13. The van der Waals surface area contributed by atoms with E-state index in [1.807, 2.05) is 4.57 Å². The van der Waals surface area contributed by atoms with Crippen molar-refractivity contribution in [2.75, 3.05) is 5.75 Å². The van der Waals surface area contributed by atoms with E-state index in [9.17, 15) is 4.79 Å². The Bertz CT molecular complexity index is 1090. The molecule has 1 fully saturated rings. The van der Waals surface area contributed by atoms with Crippen LogP contribution in [0.4, 0.5) is 0 Å². The van der Waals surface area contributed by atoms with Gasteiger partial charge in [-0.1, -0.05) is 42.1 Å². The van der Waals surface area contributed by atoms with Gasteiger partial charge in [0.15, 0.2) is 5.16 Å². The van der Waals surface area contributed by atoms with Crippen LogP contribution in [-0.2, 0) is 11.2 Å². The molecule has 0 radical (unpaired) electrons. The van der Waals surface area contributed by atoms with Crippen molar-refractivity contribution < 1.29 is 4.79 Å². The fourth-order valence-corrected chi connectivity index (χ4v) is 5.18. The zero-order valence-electron chi connectivity index (χ0n) is 17.4. The molecule has 1 heterocycles. The van der Waals surface area contributed by atoms with Crippen LogP contribution < -0.4 is 0 Å². The molecule has 0 saturated heterocycles. The average molecular weight is 419 g/mol. The number of hydrogen-bond acceptors (Lipinski definition) is 4. The Balaban J connectivity index is 1.33. The number of aromatic nitrogens is 3. The molecule has 5 rings (SSSR count). The molecule has 0 spiro atoms. The largest absolute Gasteiger partial charge is 0.332 e. The third kappa shape index (κ3) is 3.65. The maximum Gasteiger partial charge on any atom is 0.233 e. The van der Waals surface area contributed by atoms with E-state index in [2.05, 4.69) is 71.4 Å². The number of aryl methyl sites for hydroxylation is 3. The molecule has 0 aliphatic heterocycles. The quantitative estimate of drug-likeness (QED) is 0.547. The van der Waals surface area contributed by atoms with Crippen molar-refractivity contribution >= 4 is 17.7 Å². The van der Waals surface area contributed by atoms with Gasteiger partial charge in [0.1, 0.15) is 6.33 Å². The van der Waals surface area contributed by atoms with Crippen LogP contribution in [0.1, 0.15) is 47.6 Å². The first-order valence-corrected chi connectivity index (χ1v) is 11.6. The monoisotopic (exact) mass is 418 g/mol. The van der Waals surface area contributed by atoms with Gasteiger partial charge in [0.2, 0.25) is 5.91 Å². The topological polar surface area (TPSA) is 51.0 Å². The van der Waals surface area contributed by atoms with Crippen LogP contribution in [0.3, 0.4) is 0 Å². The zero-order valence-corrected chi connectivity index (χ0v) is 18.2. The van der Waals surface area contributed by atoms with E-state index in [-0.39, 0.29) is 11.9 Å². The van der Waals surface area contributed by atoms with Gasteiger partial charge in [-0.3, -0.25) is 9.36 Å². The number of fused-ring (bicyclic) bond motifs is 1. The highest BCUT2D eigenvalue weighted by molar-refractivity contribution is 7.99. The van der Waals surface area contributed by atoms with Crippen LogP contribution in [0, 0.1) is 13.8 Å². The summed E-state index contributed by atoms with van der Waals surface area (Å²) in [5.74, 6) is 0.595. The van der Waals surface area contributed by atoms with Crippen molar-refractivity contribution in [2.24, 2.45) is 0 Å². The lowest BCUT2D eigenvalue weighted by Gasteiger charge is -2.30. The van der Waals surface area contributed by atoms with E-state index >= 15 is 0 Å². The van der Waals surface area contributed by atoms with Gasteiger partial charge in [0, 0.05) is 11.7 Å². The van der Waals surface area contributed by atoms with Gasteiger partial charge in [-0.15, -0.1) is 10.2 Å². The molecular weight excluding hydrogens is 392 g/mol. The van der Waals surface area contributed by atoms with Crippen LogP contribution >= 0.6 is 11.8 Å². The molecular formula is C24H26N4OS. The number of carbonyl (C=O) groups is 1. The van der Waals surface area contributed by atoms with Crippen LogP contribution in [0.2, 0.25) is 0 Å². The summed E-state index contributed by atoms with van der Waals surface area (Å²) >= 11 is 1.48. The van der Waals surface area contributed by atoms with Crippen molar-refractivity contribution in [1.29, 1.82) is 0 Å². The van der Waals surface area contributed by atoms with Gasteiger partial charge in [-0.2, -0.15) is 0 Å². The van der Waals surface area contributed by atoms with Gasteiger partial charge in [-0.25, -0.2) is 0 Å². The Kier molecular flexibility index (Phi) is 5.11. The molecule has 2 aliphatic rings. The lowest BCUT2D eigenvalue weighted by molar-refractivity contribution is -0.131. The third-order valence-corrected chi connectivity index (χ3v) is 7.20. The van der Waals surface area contributed by atoms with Crippen molar-refractivity contribution in [3.05, 3.63) is 71.0 Å². The molecule has 154 valence electrons. The Morgan fingerprint density at radius 1 is 1.13 bits per heavy atom. The lowest BCUT2D eigenvalue weighted by atomic mass is 10.1. The second-order valence-corrected chi connectivity index (χ2v) is 9.27. The highest BCUT2D eigenvalue weighted by atomic mass is 32.2. The predicted molar refractivity (Wildman–Crippen MR) is 119 cm³/mol. The van der Waals surface area contributed by atoms with Gasteiger partial charge in [0.25, 0.3) is 0 Å². The smallest absolute Gasteiger partial charge is 0.233 e. The molecule has 1 unspecified atom stereocenters. The highest BCUT2D eigenvalue weighted by Gasteiger charge is 2.40. The fourth-order valence-electron chi connectivity index (χ4n) is 4.38. The van der Waals surface area contributed by atoms with Crippen LogP contribution in [0.15, 0.2) is 53.9 Å². The Labute approximate surface area is 181 Å². The molecule has 1 aromatic heterocycles. The van der Waals surface area contributed by atoms with Gasteiger partial charge >= 0.3 is 0 Å². The van der Waals surface area contributed by atoms with E-state index < -0.39 is 0 Å². The normalized spacial score (nSPS) is 17.7. The van der Waals surface area contributed by atoms with E-state index in [0.717, 1.165) is 36.5 Å². The first kappa shape index (κ1) is 19.4. The minimum atomic E-state index is 0.207. The van der Waals surface area contributed by atoms with Gasteiger partial charge in [-0.05, 0) is 73.9 Å². The molecule has 3 aromatic rings. The fraction of sp³-hybridized carbons (Fsp3) is 0.375. The Hall–Kier alpha value is -2.60. The molecule has 30 heavy (non-hydrogen) atoms. The third-order valence-electron chi connectivity index (χ3n) is 6.28. The molecule has 0 N–H and O–H groups in total. The Morgan fingerprint density at radius 3 is 2.77 bits per heavy atom. The molecule has 1 atom stereocenters. The van der Waals surface area contributed by atoms with Crippen LogP contribution in [-0.4, -0.2) is 37.4 Å². The van der Waals surface area contributed by atoms with Crippen molar-refractivity contribution in [1.82, 2.24) is 19.7 Å². The molecule has 2 aliphatic carbocycles. The SMILES string of the molecule is Cc1ccc(-n2cnnc2SCC(=O)N(C2CC2)C2CCc3ccccc32)cc1C.